The molecule has 1 fully saturated rings. The zero-order valence-corrected chi connectivity index (χ0v) is 17.8. The van der Waals surface area contributed by atoms with Crippen LogP contribution in [0.2, 0.25) is 0 Å². The summed E-state index contributed by atoms with van der Waals surface area (Å²) in [4.78, 5) is 22.3. The van der Waals surface area contributed by atoms with Crippen LogP contribution in [0, 0.1) is 20.2 Å². The van der Waals surface area contributed by atoms with Crippen molar-refractivity contribution in [3.05, 3.63) is 56.6 Å². The highest BCUT2D eigenvalue weighted by Gasteiger charge is 2.16. The average molecular weight is 451 g/mol. The molecule has 2 aromatic carbocycles. The molecule has 0 atom stereocenters. The highest BCUT2D eigenvalue weighted by Crippen LogP contribution is 2.31. The summed E-state index contributed by atoms with van der Waals surface area (Å²) in [5, 5.41) is 30.1. The van der Waals surface area contributed by atoms with Crippen LogP contribution in [0.5, 0.6) is 23.0 Å². The number of ether oxygens (including phenoxy) is 4. The molecule has 1 aliphatic heterocycles. The van der Waals surface area contributed by atoms with Gasteiger partial charge in [0, 0.05) is 43.9 Å². The van der Waals surface area contributed by atoms with Crippen molar-refractivity contribution in [1.82, 2.24) is 4.90 Å². The number of methoxy groups -OCH3 is 2. The van der Waals surface area contributed by atoms with E-state index in [1.165, 1.54) is 44.6 Å². The van der Waals surface area contributed by atoms with Crippen LogP contribution in [0.25, 0.3) is 0 Å². The Hall–Kier alpha value is -3.64. The summed E-state index contributed by atoms with van der Waals surface area (Å²) in [5.74, 6) is 0.775. The minimum Gasteiger partial charge on any atom is -0.508 e. The van der Waals surface area contributed by atoms with E-state index < -0.39 is 9.85 Å². The summed E-state index contributed by atoms with van der Waals surface area (Å²) < 4.78 is 20.5. The number of phenolic OH excluding ortho intramolecular Hbond substituents is 1. The highest BCUT2D eigenvalue weighted by molar-refractivity contribution is 5.51. The number of hydrogen-bond acceptors (Lipinski definition) is 10. The van der Waals surface area contributed by atoms with E-state index >= 15 is 0 Å². The van der Waals surface area contributed by atoms with Crippen molar-refractivity contribution >= 4 is 11.4 Å². The van der Waals surface area contributed by atoms with Crippen LogP contribution in [0.3, 0.4) is 0 Å². The third-order valence-electron chi connectivity index (χ3n) is 4.49. The first-order valence-corrected chi connectivity index (χ1v) is 9.62. The third kappa shape index (κ3) is 7.25. The summed E-state index contributed by atoms with van der Waals surface area (Å²) in [6.45, 7) is 4.67. The van der Waals surface area contributed by atoms with Gasteiger partial charge in [-0.2, -0.15) is 0 Å². The van der Waals surface area contributed by atoms with Crippen molar-refractivity contribution < 1.29 is 33.9 Å². The smallest absolute Gasteiger partial charge is 0.311 e. The van der Waals surface area contributed by atoms with E-state index in [1.54, 1.807) is 6.07 Å². The zero-order chi connectivity index (χ0) is 23.5. The van der Waals surface area contributed by atoms with Crippen LogP contribution in [0.15, 0.2) is 36.4 Å². The summed E-state index contributed by atoms with van der Waals surface area (Å²) >= 11 is 0. The molecule has 0 saturated carbocycles. The molecule has 0 aliphatic carbocycles. The molecule has 0 aromatic heterocycles. The van der Waals surface area contributed by atoms with E-state index in [1.807, 2.05) is 0 Å². The number of hydrogen-bond donors (Lipinski definition) is 1. The Kier molecular flexibility index (Phi) is 9.44. The molecule has 0 bridgehead atoms. The Morgan fingerprint density at radius 3 is 2.09 bits per heavy atom. The number of nitro benzene ring substituents is 2. The van der Waals surface area contributed by atoms with Gasteiger partial charge in [-0.1, -0.05) is 0 Å². The SMILES string of the molecule is COc1cc(O)ccc1[N+](=O)[O-].COc1cc(OCCN2CCOCC2)ccc1[N+](=O)[O-]. The summed E-state index contributed by atoms with van der Waals surface area (Å²) in [6, 6.07) is 8.13. The first-order chi connectivity index (χ1) is 15.3. The molecular weight excluding hydrogens is 426 g/mol. The Balaban J connectivity index is 0.000000258. The van der Waals surface area contributed by atoms with Gasteiger partial charge in [-0.25, -0.2) is 0 Å². The first kappa shape index (κ1) is 24.6. The molecular formula is C20H25N3O9. The molecule has 1 aliphatic rings. The van der Waals surface area contributed by atoms with Crippen LogP contribution in [-0.4, -0.2) is 73.5 Å². The minimum atomic E-state index is -0.571. The van der Waals surface area contributed by atoms with Crippen LogP contribution in [0.4, 0.5) is 11.4 Å². The van der Waals surface area contributed by atoms with E-state index in [4.69, 9.17) is 19.3 Å². The second-order valence-electron chi connectivity index (χ2n) is 6.51. The standard InChI is InChI=1S/C13H18N2O5.C7H7NO4/c1-18-13-10-11(2-3-12(13)15(16)17)20-9-6-14-4-7-19-8-5-14;1-12-7-4-5(9)2-3-6(7)8(10)11/h2-3,10H,4-9H2,1H3;2-4,9H,1H3. The average Bonchev–Trinajstić information content (AvgIpc) is 2.79. The van der Waals surface area contributed by atoms with Crippen molar-refractivity contribution in [1.29, 1.82) is 0 Å². The van der Waals surface area contributed by atoms with Gasteiger partial charge in [-0.05, 0) is 12.1 Å². The molecule has 3 rings (SSSR count). The predicted molar refractivity (Wildman–Crippen MR) is 114 cm³/mol. The lowest BCUT2D eigenvalue weighted by Gasteiger charge is -2.26. The topological polar surface area (TPSA) is 147 Å². The molecule has 12 heteroatoms. The number of nitrogens with zero attached hydrogens (tertiary/aromatic N) is 3. The maximum absolute atomic E-state index is 10.8. The number of benzene rings is 2. The molecule has 0 amide bonds. The van der Waals surface area contributed by atoms with Crippen molar-refractivity contribution in [2.45, 2.75) is 0 Å². The molecule has 32 heavy (non-hydrogen) atoms. The van der Waals surface area contributed by atoms with Gasteiger partial charge in [0.25, 0.3) is 0 Å². The monoisotopic (exact) mass is 451 g/mol. The molecule has 12 nitrogen and oxygen atoms in total. The fraction of sp³-hybridized carbons (Fsp3) is 0.400. The van der Waals surface area contributed by atoms with E-state index in [2.05, 4.69) is 9.64 Å². The largest absolute Gasteiger partial charge is 0.508 e. The van der Waals surface area contributed by atoms with E-state index in [-0.39, 0.29) is 28.6 Å². The lowest BCUT2D eigenvalue weighted by molar-refractivity contribution is -0.385. The van der Waals surface area contributed by atoms with Crippen molar-refractivity contribution in [2.24, 2.45) is 0 Å². The van der Waals surface area contributed by atoms with Crippen LogP contribution in [0.1, 0.15) is 0 Å². The van der Waals surface area contributed by atoms with Gasteiger partial charge in [0.15, 0.2) is 0 Å². The van der Waals surface area contributed by atoms with Gasteiger partial charge in [-0.15, -0.1) is 0 Å². The quantitative estimate of drug-likeness (QED) is 0.469. The zero-order valence-electron chi connectivity index (χ0n) is 17.8. The van der Waals surface area contributed by atoms with Crippen LogP contribution >= 0.6 is 0 Å². The molecule has 174 valence electrons. The first-order valence-electron chi connectivity index (χ1n) is 9.62. The Bertz CT molecular complexity index is 917. The second kappa shape index (κ2) is 12.3. The van der Waals surface area contributed by atoms with Gasteiger partial charge >= 0.3 is 11.4 Å². The van der Waals surface area contributed by atoms with E-state index in [0.717, 1.165) is 32.8 Å². The van der Waals surface area contributed by atoms with Gasteiger partial charge in [0.05, 0.1) is 37.3 Å². The maximum Gasteiger partial charge on any atom is 0.311 e. The third-order valence-corrected chi connectivity index (χ3v) is 4.49. The van der Waals surface area contributed by atoms with Gasteiger partial charge in [0.1, 0.15) is 18.1 Å². The molecule has 1 saturated heterocycles. The number of morpholine rings is 1. The van der Waals surface area contributed by atoms with E-state index in [0.29, 0.717) is 12.4 Å². The molecule has 0 radical (unpaired) electrons. The minimum absolute atomic E-state index is 0.0556. The Morgan fingerprint density at radius 1 is 0.969 bits per heavy atom. The lowest BCUT2D eigenvalue weighted by atomic mass is 10.3. The molecule has 0 spiro atoms. The number of nitro groups is 2. The maximum atomic E-state index is 10.8. The Morgan fingerprint density at radius 2 is 1.53 bits per heavy atom. The molecule has 1 heterocycles. The Labute approximate surface area is 184 Å². The molecule has 1 N–H and O–H groups in total. The summed E-state index contributed by atoms with van der Waals surface area (Å²) in [7, 11) is 2.71. The molecule has 2 aromatic rings. The van der Waals surface area contributed by atoms with Crippen molar-refractivity contribution in [2.75, 3.05) is 53.7 Å². The van der Waals surface area contributed by atoms with Gasteiger partial charge in [0.2, 0.25) is 11.5 Å². The highest BCUT2D eigenvalue weighted by atomic mass is 16.6. The predicted octanol–water partition coefficient (Wildman–Crippen LogP) is 2.62. The van der Waals surface area contributed by atoms with Crippen LogP contribution < -0.4 is 14.2 Å². The number of aromatic hydroxyl groups is 1. The van der Waals surface area contributed by atoms with Crippen molar-refractivity contribution in [3.63, 3.8) is 0 Å². The van der Waals surface area contributed by atoms with Gasteiger partial charge < -0.3 is 24.1 Å². The fourth-order valence-electron chi connectivity index (χ4n) is 2.83. The number of rotatable bonds is 8. The summed E-state index contributed by atoms with van der Waals surface area (Å²) in [5.41, 5.74) is -0.219. The van der Waals surface area contributed by atoms with Crippen LogP contribution in [-0.2, 0) is 4.74 Å². The lowest BCUT2D eigenvalue weighted by Crippen LogP contribution is -2.38. The van der Waals surface area contributed by atoms with E-state index in [9.17, 15) is 20.2 Å². The number of phenols is 1. The summed E-state index contributed by atoms with van der Waals surface area (Å²) in [6.07, 6.45) is 0. The van der Waals surface area contributed by atoms with Gasteiger partial charge in [-0.3, -0.25) is 25.1 Å². The van der Waals surface area contributed by atoms with Crippen molar-refractivity contribution in [3.8, 4) is 23.0 Å². The second-order valence-corrected chi connectivity index (χ2v) is 6.51. The molecule has 0 unspecified atom stereocenters. The fourth-order valence-corrected chi connectivity index (χ4v) is 2.83. The normalized spacial score (nSPS) is 13.4.